The Bertz CT molecular complexity index is 1420. The van der Waals surface area contributed by atoms with Crippen LogP contribution in [-0.4, -0.2) is 98.3 Å². The molecule has 1 aliphatic heterocycles. The van der Waals surface area contributed by atoms with Crippen LogP contribution in [0.25, 0.3) is 0 Å². The normalized spacial score (nSPS) is 13.8. The van der Waals surface area contributed by atoms with Gasteiger partial charge in [-0.2, -0.15) is 0 Å². The van der Waals surface area contributed by atoms with Crippen LogP contribution in [0.2, 0.25) is 0 Å². The number of hydrogen-bond donors (Lipinski definition) is 0. The Morgan fingerprint density at radius 2 is 0.675 bits per heavy atom. The van der Waals surface area contributed by atoms with Crippen molar-refractivity contribution in [2.24, 2.45) is 17.8 Å². The van der Waals surface area contributed by atoms with E-state index in [-0.39, 0.29) is 92.9 Å². The van der Waals surface area contributed by atoms with Crippen molar-refractivity contribution in [1.29, 1.82) is 0 Å². The lowest BCUT2D eigenvalue weighted by Crippen LogP contribution is -2.60. The van der Waals surface area contributed by atoms with Crippen molar-refractivity contribution in [2.75, 3.05) is 39.6 Å². The first-order valence-electron chi connectivity index (χ1n) is 33.0. The number of ketones is 1. The third-order valence-electron chi connectivity index (χ3n) is 14.4. The summed E-state index contributed by atoms with van der Waals surface area (Å²) in [7, 11) is 0. The second kappa shape index (κ2) is 59.9. The van der Waals surface area contributed by atoms with Crippen LogP contribution in [-0.2, 0) is 57.2 Å². The fourth-order valence-electron chi connectivity index (χ4n) is 8.86. The Balaban J connectivity index is -0.00000139. The number of nitrogens with zero attached hydrogens (tertiary/aromatic N) is 1. The lowest BCUT2D eigenvalue weighted by atomic mass is 9.90. The fraction of sp³-hybridized carbons (Fsp3) is 0.894. The number of esters is 5. The lowest BCUT2D eigenvalue weighted by molar-refractivity contribution is -0.153. The molecule has 0 aromatic rings. The monoisotopic (exact) mass is 1140 g/mol. The van der Waals surface area contributed by atoms with Crippen molar-refractivity contribution in [2.45, 2.75) is 326 Å². The van der Waals surface area contributed by atoms with Gasteiger partial charge in [0.2, 0.25) is 0 Å². The summed E-state index contributed by atoms with van der Waals surface area (Å²) in [5.41, 5.74) is 0. The zero-order chi connectivity index (χ0) is 60.4. The van der Waals surface area contributed by atoms with Gasteiger partial charge in [0.25, 0.3) is 0 Å². The predicted molar refractivity (Wildman–Crippen MR) is 325 cm³/mol. The summed E-state index contributed by atoms with van der Waals surface area (Å²) >= 11 is 0. The zero-order valence-electron chi connectivity index (χ0n) is 53.8. The predicted octanol–water partition coefficient (Wildman–Crippen LogP) is 17.6. The van der Waals surface area contributed by atoms with Gasteiger partial charge in [-0.3, -0.25) is 33.7 Å². The van der Waals surface area contributed by atoms with E-state index in [4.69, 9.17) is 28.4 Å². The molecule has 0 spiro atoms. The van der Waals surface area contributed by atoms with E-state index in [0.717, 1.165) is 89.9 Å². The number of rotatable bonds is 48. The Kier molecular flexibility index (Phi) is 60.3. The van der Waals surface area contributed by atoms with Crippen LogP contribution in [0, 0.1) is 17.8 Å². The number of likely N-dealkylation sites (tertiary alicyclic amines) is 1. The van der Waals surface area contributed by atoms with Crippen molar-refractivity contribution >= 4 is 41.7 Å². The molecule has 0 aromatic heterocycles. The Labute approximate surface area is 490 Å². The Morgan fingerprint density at radius 1 is 0.362 bits per heavy atom. The van der Waals surface area contributed by atoms with Crippen molar-refractivity contribution in [3.05, 3.63) is 0 Å². The standard InChI is InChI=1S/C33H59NO8.C27H50O5.C4H10.C2H6/c1-5-9-11-13-15-17-20-39-30(35)22-27(23-31(36)40-21-18-16-14-12-10-6-2)24-32(37)42-26-29-25-28(8-4)34(29)33(38)41-19-7-3;1-5-8-10-12-14-16-18-31-26(29)21-24(20-25(28)23(4)7-3)22-27(30)32-19-17-15-13-11-9-6-2;1-3-4-2;1-2/h27-29H,5-26H2,1-4H3;23-24H,5-22H2,1-4H3;3-4H2,1-2H3;1-2H3. The van der Waals surface area contributed by atoms with Gasteiger partial charge in [0.05, 0.1) is 39.1 Å². The highest BCUT2D eigenvalue weighted by atomic mass is 16.6. The molecule has 1 aliphatic rings. The number of carbonyl (C=O) groups is 7. The maximum Gasteiger partial charge on any atom is 0.410 e. The van der Waals surface area contributed by atoms with Crippen LogP contribution in [0.5, 0.6) is 0 Å². The summed E-state index contributed by atoms with van der Waals surface area (Å²) in [4.78, 5) is 89.0. The van der Waals surface area contributed by atoms with Crippen molar-refractivity contribution in [1.82, 2.24) is 4.90 Å². The molecule has 14 heteroatoms. The maximum atomic E-state index is 12.8. The van der Waals surface area contributed by atoms with Crippen molar-refractivity contribution in [3.63, 3.8) is 0 Å². The number of carbonyl (C=O) groups excluding carboxylic acids is 7. The molecule has 0 bridgehead atoms. The van der Waals surface area contributed by atoms with Gasteiger partial charge in [-0.05, 0) is 63.2 Å². The highest BCUT2D eigenvalue weighted by Crippen LogP contribution is 2.30. The first kappa shape index (κ1) is 80.5. The molecule has 472 valence electrons. The summed E-state index contributed by atoms with van der Waals surface area (Å²) in [6, 6.07) is -0.153. The summed E-state index contributed by atoms with van der Waals surface area (Å²) < 4.78 is 32.4. The van der Waals surface area contributed by atoms with Crippen LogP contribution in [0.3, 0.4) is 0 Å². The van der Waals surface area contributed by atoms with E-state index >= 15 is 0 Å². The van der Waals surface area contributed by atoms with E-state index in [1.54, 1.807) is 4.90 Å². The quantitative estimate of drug-likeness (QED) is 0.0320. The van der Waals surface area contributed by atoms with Crippen LogP contribution >= 0.6 is 0 Å². The molecule has 0 radical (unpaired) electrons. The number of amides is 1. The highest BCUT2D eigenvalue weighted by Gasteiger charge is 2.42. The fourth-order valence-corrected chi connectivity index (χ4v) is 8.86. The minimum atomic E-state index is -0.568. The topological polar surface area (TPSA) is 178 Å². The van der Waals surface area contributed by atoms with Gasteiger partial charge in [-0.15, -0.1) is 0 Å². The Hall–Kier alpha value is -3.71. The molecular weight excluding hydrogens is 1010 g/mol. The summed E-state index contributed by atoms with van der Waals surface area (Å²) in [6.07, 6.45) is 32.2. The average Bonchev–Trinajstić information content (AvgIpc) is 3.43. The molecule has 80 heavy (non-hydrogen) atoms. The van der Waals surface area contributed by atoms with E-state index in [9.17, 15) is 33.6 Å². The average molecular weight is 1140 g/mol. The molecule has 1 fully saturated rings. The summed E-state index contributed by atoms with van der Waals surface area (Å²) in [5.74, 6) is -2.84. The van der Waals surface area contributed by atoms with Crippen LogP contribution in [0.15, 0.2) is 0 Å². The molecule has 0 N–H and O–H groups in total. The van der Waals surface area contributed by atoms with E-state index in [0.29, 0.717) is 33.0 Å². The lowest BCUT2D eigenvalue weighted by Gasteiger charge is -2.47. The van der Waals surface area contributed by atoms with E-state index in [2.05, 4.69) is 41.5 Å². The maximum absolute atomic E-state index is 12.8. The smallest absolute Gasteiger partial charge is 0.410 e. The van der Waals surface area contributed by atoms with Gasteiger partial charge in [0.15, 0.2) is 0 Å². The van der Waals surface area contributed by atoms with Crippen LogP contribution < -0.4 is 0 Å². The zero-order valence-corrected chi connectivity index (χ0v) is 53.8. The van der Waals surface area contributed by atoms with Crippen molar-refractivity contribution < 1.29 is 62.0 Å². The number of ether oxygens (including phenoxy) is 6. The summed E-state index contributed by atoms with van der Waals surface area (Å²) in [6.45, 7) is 26.8. The number of Topliss-reactive ketones (excluding diaryl/α,β-unsaturated/α-hetero) is 1. The van der Waals surface area contributed by atoms with E-state index < -0.39 is 23.8 Å². The van der Waals surface area contributed by atoms with Gasteiger partial charge in [0.1, 0.15) is 12.4 Å². The SMILES string of the molecule is CC.CCCC.CCCCCCCCOC(=O)CC(CC(=O)OCCCCCCCC)CC(=O)C(C)CC.CCCCCCCCOC(=O)CC(CC(=O)OCCCCCCCC)CC(=O)OCC1CC(CC)N1C(=O)OCCC. The van der Waals surface area contributed by atoms with E-state index in [1.807, 2.05) is 41.5 Å². The number of unbranched alkanes of at least 4 members (excludes halogenated alkanes) is 21. The van der Waals surface area contributed by atoms with Gasteiger partial charge in [-0.1, -0.05) is 224 Å². The third-order valence-corrected chi connectivity index (χ3v) is 14.4. The molecule has 0 aromatic carbocycles. The largest absolute Gasteiger partial charge is 0.466 e. The van der Waals surface area contributed by atoms with Crippen LogP contribution in [0.4, 0.5) is 4.79 Å². The third kappa shape index (κ3) is 48.9. The van der Waals surface area contributed by atoms with Gasteiger partial charge in [-0.25, -0.2) is 4.79 Å². The Morgan fingerprint density at radius 3 is 0.975 bits per heavy atom. The molecule has 1 heterocycles. The molecule has 1 amide bonds. The first-order valence-corrected chi connectivity index (χ1v) is 33.0. The minimum Gasteiger partial charge on any atom is -0.466 e. The molecule has 3 unspecified atom stereocenters. The molecule has 0 saturated carbocycles. The molecule has 0 aliphatic carbocycles. The first-order chi connectivity index (χ1) is 38.7. The molecule has 14 nitrogen and oxygen atoms in total. The highest BCUT2D eigenvalue weighted by molar-refractivity contribution is 5.82. The molecule has 1 rings (SSSR count). The van der Waals surface area contributed by atoms with Gasteiger partial charge >= 0.3 is 35.9 Å². The molecule has 1 saturated heterocycles. The van der Waals surface area contributed by atoms with Crippen LogP contribution in [0.1, 0.15) is 314 Å². The minimum absolute atomic E-state index is 0.0478. The van der Waals surface area contributed by atoms with Gasteiger partial charge < -0.3 is 28.4 Å². The summed E-state index contributed by atoms with van der Waals surface area (Å²) in [5, 5.41) is 0. The second-order valence-electron chi connectivity index (χ2n) is 21.8. The second-order valence-corrected chi connectivity index (χ2v) is 21.8. The molecular formula is C66H125NO13. The molecule has 3 atom stereocenters. The van der Waals surface area contributed by atoms with Gasteiger partial charge in [0, 0.05) is 50.5 Å². The number of hydrogen-bond acceptors (Lipinski definition) is 13. The van der Waals surface area contributed by atoms with Crippen molar-refractivity contribution in [3.8, 4) is 0 Å². The van der Waals surface area contributed by atoms with E-state index in [1.165, 1.54) is 103 Å².